The maximum Gasteiger partial charge on any atom is 0.241 e. The number of nitrogens with one attached hydrogen (secondary N) is 1. The summed E-state index contributed by atoms with van der Waals surface area (Å²) in [6, 6.07) is 19.1. The Bertz CT molecular complexity index is 1200. The zero-order valence-corrected chi connectivity index (χ0v) is 20.3. The van der Waals surface area contributed by atoms with E-state index in [-0.39, 0.29) is 23.4 Å². The van der Waals surface area contributed by atoms with Crippen LogP contribution in [0, 0.1) is 11.7 Å². The van der Waals surface area contributed by atoms with Gasteiger partial charge in [-0.15, -0.1) is 11.8 Å². The molecule has 0 saturated heterocycles. The zero-order chi connectivity index (χ0) is 24.2. The van der Waals surface area contributed by atoms with Gasteiger partial charge in [0.2, 0.25) is 11.8 Å². The second-order valence-electron chi connectivity index (χ2n) is 8.02. The van der Waals surface area contributed by atoms with Gasteiger partial charge in [0.15, 0.2) is 0 Å². The third kappa shape index (κ3) is 5.21. The first-order chi connectivity index (χ1) is 16.4. The van der Waals surface area contributed by atoms with Crippen LogP contribution in [0.5, 0.6) is 5.75 Å². The smallest absolute Gasteiger partial charge is 0.241 e. The molecule has 8 heteroatoms. The van der Waals surface area contributed by atoms with Crippen molar-refractivity contribution in [2.24, 2.45) is 5.92 Å². The summed E-state index contributed by atoms with van der Waals surface area (Å²) in [5.74, 6) is -0.658. The third-order valence-electron chi connectivity index (χ3n) is 5.76. The zero-order valence-electron chi connectivity index (χ0n) is 18.8. The molecule has 0 saturated carbocycles. The van der Waals surface area contributed by atoms with Crippen LogP contribution >= 0.6 is 23.4 Å². The lowest BCUT2D eigenvalue weighted by atomic mass is 10.0. The number of fused-ring (bicyclic) bond motifs is 1. The first-order valence-electron chi connectivity index (χ1n) is 10.8. The van der Waals surface area contributed by atoms with E-state index in [0.717, 1.165) is 21.9 Å². The minimum atomic E-state index is -0.606. The molecule has 1 aliphatic heterocycles. The van der Waals surface area contributed by atoms with E-state index < -0.39 is 17.0 Å². The van der Waals surface area contributed by atoms with E-state index in [2.05, 4.69) is 5.32 Å². The third-order valence-corrected chi connectivity index (χ3v) is 7.57. The topological polar surface area (TPSA) is 58.6 Å². The number of anilines is 1. The summed E-state index contributed by atoms with van der Waals surface area (Å²) in [5, 5.41) is 2.58. The molecule has 0 unspecified atom stereocenters. The van der Waals surface area contributed by atoms with E-state index >= 15 is 0 Å². The molecule has 3 aromatic carbocycles. The van der Waals surface area contributed by atoms with Crippen LogP contribution in [0.15, 0.2) is 71.6 Å². The predicted octanol–water partition coefficient (Wildman–Crippen LogP) is 5.45. The number of amides is 2. The fourth-order valence-corrected chi connectivity index (χ4v) is 5.28. The minimum absolute atomic E-state index is 0.184. The molecule has 0 fully saturated rings. The summed E-state index contributed by atoms with van der Waals surface area (Å²) in [4.78, 5) is 29.1. The number of carbonyl (C=O) groups is 2. The lowest BCUT2D eigenvalue weighted by Gasteiger charge is -2.36. The van der Waals surface area contributed by atoms with E-state index in [1.54, 1.807) is 25.0 Å². The van der Waals surface area contributed by atoms with Gasteiger partial charge in [-0.3, -0.25) is 9.59 Å². The standard InChI is InChI=1S/C26H24ClFN2O3S/c1-16(25(31)29-14-17-7-11-20(33-2)12-8-17)24-26(32)30(22-5-3-4-6-23(22)34-24)15-18-9-10-19(28)13-21(18)27/h3-13,16,24H,14-15H2,1-2H3,(H,29,31)/t16-,24-/m1/s1. The van der Waals surface area contributed by atoms with Gasteiger partial charge >= 0.3 is 0 Å². The summed E-state index contributed by atoms with van der Waals surface area (Å²) < 4.78 is 18.7. The Morgan fingerprint density at radius 3 is 2.62 bits per heavy atom. The molecular weight excluding hydrogens is 475 g/mol. The average molecular weight is 499 g/mol. The highest BCUT2D eigenvalue weighted by atomic mass is 35.5. The Balaban J connectivity index is 1.52. The minimum Gasteiger partial charge on any atom is -0.497 e. The highest BCUT2D eigenvalue weighted by Crippen LogP contribution is 2.42. The van der Waals surface area contributed by atoms with Gasteiger partial charge in [0.1, 0.15) is 16.8 Å². The summed E-state index contributed by atoms with van der Waals surface area (Å²) in [6.45, 7) is 2.30. The second-order valence-corrected chi connectivity index (χ2v) is 9.61. The van der Waals surface area contributed by atoms with Crippen molar-refractivity contribution >= 4 is 40.9 Å². The number of hydrogen-bond donors (Lipinski definition) is 1. The Labute approximate surface area is 207 Å². The molecule has 2 atom stereocenters. The number of para-hydroxylation sites is 1. The Morgan fingerprint density at radius 1 is 1.18 bits per heavy atom. The SMILES string of the molecule is COc1ccc(CNC(=O)[C@H](C)[C@H]2Sc3ccccc3N(Cc3ccc(F)cc3Cl)C2=O)cc1. The molecule has 5 nitrogen and oxygen atoms in total. The van der Waals surface area contributed by atoms with Crippen LogP contribution in [0.4, 0.5) is 10.1 Å². The maximum atomic E-state index is 13.6. The fraction of sp³-hybridized carbons (Fsp3) is 0.231. The van der Waals surface area contributed by atoms with E-state index in [9.17, 15) is 14.0 Å². The number of hydrogen-bond acceptors (Lipinski definition) is 4. The van der Waals surface area contributed by atoms with Gasteiger partial charge < -0.3 is 15.0 Å². The van der Waals surface area contributed by atoms with Gasteiger partial charge in [-0.05, 0) is 47.5 Å². The molecule has 176 valence electrons. The van der Waals surface area contributed by atoms with Gasteiger partial charge in [0, 0.05) is 16.5 Å². The molecule has 0 bridgehead atoms. The number of ether oxygens (including phenoxy) is 1. The number of carbonyl (C=O) groups excluding carboxylic acids is 2. The highest BCUT2D eigenvalue weighted by molar-refractivity contribution is 8.01. The van der Waals surface area contributed by atoms with Crippen LogP contribution in [-0.2, 0) is 22.7 Å². The molecule has 3 aromatic rings. The van der Waals surface area contributed by atoms with Crippen LogP contribution in [0.2, 0.25) is 5.02 Å². The normalized spacial score (nSPS) is 16.1. The van der Waals surface area contributed by atoms with Crippen molar-refractivity contribution in [3.8, 4) is 5.75 Å². The molecule has 1 heterocycles. The van der Waals surface area contributed by atoms with Crippen LogP contribution in [0.3, 0.4) is 0 Å². The highest BCUT2D eigenvalue weighted by Gasteiger charge is 2.39. The lowest BCUT2D eigenvalue weighted by Crippen LogP contribution is -2.47. The van der Waals surface area contributed by atoms with E-state index in [0.29, 0.717) is 12.1 Å². The largest absolute Gasteiger partial charge is 0.497 e. The second kappa shape index (κ2) is 10.5. The number of rotatable bonds is 7. The summed E-state index contributed by atoms with van der Waals surface area (Å²) >= 11 is 7.62. The molecule has 0 spiro atoms. The van der Waals surface area contributed by atoms with Gasteiger partial charge in [-0.2, -0.15) is 0 Å². The first kappa shape index (κ1) is 24.1. The van der Waals surface area contributed by atoms with Crippen LogP contribution in [-0.4, -0.2) is 24.2 Å². The molecule has 1 N–H and O–H groups in total. The van der Waals surface area contributed by atoms with E-state index in [1.165, 1.54) is 23.9 Å². The average Bonchev–Trinajstić information content (AvgIpc) is 2.85. The van der Waals surface area contributed by atoms with Crippen molar-refractivity contribution in [3.63, 3.8) is 0 Å². The fourth-order valence-electron chi connectivity index (χ4n) is 3.77. The molecule has 2 amide bonds. The predicted molar refractivity (Wildman–Crippen MR) is 133 cm³/mol. The van der Waals surface area contributed by atoms with Gasteiger partial charge in [0.05, 0.1) is 25.3 Å². The van der Waals surface area contributed by atoms with Crippen LogP contribution < -0.4 is 15.0 Å². The Hall–Kier alpha value is -3.03. The number of benzene rings is 3. The molecule has 0 radical (unpaired) electrons. The van der Waals surface area contributed by atoms with Crippen molar-refractivity contribution in [3.05, 3.63) is 88.7 Å². The quantitative estimate of drug-likeness (QED) is 0.470. The molecule has 34 heavy (non-hydrogen) atoms. The van der Waals surface area contributed by atoms with Gasteiger partial charge in [-0.1, -0.05) is 48.9 Å². The molecule has 0 aliphatic carbocycles. The van der Waals surface area contributed by atoms with Gasteiger partial charge in [-0.25, -0.2) is 4.39 Å². The van der Waals surface area contributed by atoms with Crippen molar-refractivity contribution < 1.29 is 18.7 Å². The number of halogens is 2. The van der Waals surface area contributed by atoms with Gasteiger partial charge in [0.25, 0.3) is 0 Å². The number of methoxy groups -OCH3 is 1. The molecule has 1 aliphatic rings. The molecular formula is C26H24ClFN2O3S. The van der Waals surface area contributed by atoms with Crippen LogP contribution in [0.1, 0.15) is 18.1 Å². The van der Waals surface area contributed by atoms with E-state index in [4.69, 9.17) is 16.3 Å². The maximum absolute atomic E-state index is 13.6. The summed E-state index contributed by atoms with van der Waals surface area (Å²) in [7, 11) is 1.60. The Morgan fingerprint density at radius 2 is 1.91 bits per heavy atom. The first-order valence-corrected chi connectivity index (χ1v) is 12.0. The number of nitrogens with zero attached hydrogens (tertiary/aromatic N) is 1. The van der Waals surface area contributed by atoms with Crippen molar-refractivity contribution in [1.82, 2.24) is 5.32 Å². The van der Waals surface area contributed by atoms with E-state index in [1.807, 2.05) is 48.5 Å². The van der Waals surface area contributed by atoms with Crippen molar-refractivity contribution in [2.45, 2.75) is 30.2 Å². The summed E-state index contributed by atoms with van der Waals surface area (Å²) in [6.07, 6.45) is 0. The number of thioether (sulfide) groups is 1. The van der Waals surface area contributed by atoms with Crippen LogP contribution in [0.25, 0.3) is 0 Å². The summed E-state index contributed by atoms with van der Waals surface area (Å²) in [5.41, 5.74) is 2.32. The molecule has 0 aromatic heterocycles. The Kier molecular flexibility index (Phi) is 7.44. The lowest BCUT2D eigenvalue weighted by molar-refractivity contribution is -0.128. The monoisotopic (exact) mass is 498 g/mol. The van der Waals surface area contributed by atoms with Crippen molar-refractivity contribution in [2.75, 3.05) is 12.0 Å². The molecule has 4 rings (SSSR count). The van der Waals surface area contributed by atoms with Crippen molar-refractivity contribution in [1.29, 1.82) is 0 Å².